The van der Waals surface area contributed by atoms with Crippen LogP contribution in [0.4, 0.5) is 5.69 Å². The molecule has 2 aromatic rings. The Morgan fingerprint density at radius 2 is 1.90 bits per heavy atom. The second-order valence-corrected chi connectivity index (χ2v) is 6.88. The number of ether oxygens (including phenoxy) is 2. The number of carbonyl (C=O) groups is 2. The summed E-state index contributed by atoms with van der Waals surface area (Å²) < 4.78 is 10.9. The molecule has 0 saturated carbocycles. The molecule has 0 atom stereocenters. The van der Waals surface area contributed by atoms with E-state index in [2.05, 4.69) is 11.9 Å². The van der Waals surface area contributed by atoms with Gasteiger partial charge in [-0.2, -0.15) is 0 Å². The Morgan fingerprint density at radius 3 is 2.59 bits per heavy atom. The fraction of sp³-hybridized carbons (Fsp3) is 0.304. The van der Waals surface area contributed by atoms with Crippen molar-refractivity contribution in [2.24, 2.45) is 0 Å². The van der Waals surface area contributed by atoms with Gasteiger partial charge >= 0.3 is 0 Å². The van der Waals surface area contributed by atoms with Crippen molar-refractivity contribution in [1.82, 2.24) is 4.90 Å². The standard InChI is InChI=1S/C23H28N2O4/c1-6-7-18-10-11-20(21(13-18)28-5)29-15-23(27)25(4)14-22(26)24-19-12-16(2)8-9-17(19)3/h6,8-13H,1,7,14-15H2,2-5H3,(H,24,26). The molecule has 2 aromatic carbocycles. The van der Waals surface area contributed by atoms with Crippen LogP contribution in [-0.4, -0.2) is 44.0 Å². The number of nitrogens with zero attached hydrogens (tertiary/aromatic N) is 1. The lowest BCUT2D eigenvalue weighted by atomic mass is 10.1. The summed E-state index contributed by atoms with van der Waals surface area (Å²) in [6, 6.07) is 11.3. The van der Waals surface area contributed by atoms with Crippen LogP contribution in [0.5, 0.6) is 11.5 Å². The number of hydrogen-bond donors (Lipinski definition) is 1. The first-order chi connectivity index (χ1) is 13.8. The molecule has 154 valence electrons. The average molecular weight is 396 g/mol. The Morgan fingerprint density at radius 1 is 1.14 bits per heavy atom. The van der Waals surface area contributed by atoms with Gasteiger partial charge in [0.2, 0.25) is 5.91 Å². The van der Waals surface area contributed by atoms with E-state index in [1.807, 2.05) is 44.2 Å². The smallest absolute Gasteiger partial charge is 0.260 e. The van der Waals surface area contributed by atoms with E-state index in [0.29, 0.717) is 17.9 Å². The van der Waals surface area contributed by atoms with E-state index in [1.54, 1.807) is 26.3 Å². The van der Waals surface area contributed by atoms with E-state index in [9.17, 15) is 9.59 Å². The van der Waals surface area contributed by atoms with E-state index in [-0.39, 0.29) is 25.0 Å². The number of likely N-dealkylation sites (N-methyl/N-ethyl adjacent to an activating group) is 1. The number of anilines is 1. The van der Waals surface area contributed by atoms with Crippen LogP contribution in [0.15, 0.2) is 49.1 Å². The first kappa shape index (κ1) is 22.0. The molecule has 1 N–H and O–H groups in total. The minimum atomic E-state index is -0.307. The lowest BCUT2D eigenvalue weighted by Gasteiger charge is -2.18. The molecule has 0 spiro atoms. The Kier molecular flexibility index (Phi) is 7.83. The number of amides is 2. The van der Waals surface area contributed by atoms with Crippen LogP contribution in [-0.2, 0) is 16.0 Å². The van der Waals surface area contributed by atoms with Crippen LogP contribution < -0.4 is 14.8 Å². The summed E-state index contributed by atoms with van der Waals surface area (Å²) in [5.41, 5.74) is 3.80. The van der Waals surface area contributed by atoms with Gasteiger partial charge < -0.3 is 19.7 Å². The maximum absolute atomic E-state index is 12.4. The molecule has 0 bridgehead atoms. The van der Waals surface area contributed by atoms with Gasteiger partial charge in [0.15, 0.2) is 18.1 Å². The van der Waals surface area contributed by atoms with Crippen molar-refractivity contribution in [3.8, 4) is 11.5 Å². The Labute approximate surface area is 172 Å². The highest BCUT2D eigenvalue weighted by atomic mass is 16.5. The van der Waals surface area contributed by atoms with E-state index in [4.69, 9.17) is 9.47 Å². The Hall–Kier alpha value is -3.28. The Balaban J connectivity index is 1.91. The summed E-state index contributed by atoms with van der Waals surface area (Å²) in [5, 5.41) is 2.85. The van der Waals surface area contributed by atoms with E-state index >= 15 is 0 Å². The fourth-order valence-corrected chi connectivity index (χ4v) is 2.74. The normalized spacial score (nSPS) is 10.2. The summed E-state index contributed by atoms with van der Waals surface area (Å²) in [4.78, 5) is 26.0. The summed E-state index contributed by atoms with van der Waals surface area (Å²) >= 11 is 0. The van der Waals surface area contributed by atoms with E-state index in [1.165, 1.54) is 4.90 Å². The number of rotatable bonds is 9. The highest BCUT2D eigenvalue weighted by Crippen LogP contribution is 2.28. The van der Waals surface area contributed by atoms with Crippen LogP contribution >= 0.6 is 0 Å². The zero-order chi connectivity index (χ0) is 21.4. The monoisotopic (exact) mass is 396 g/mol. The van der Waals surface area contributed by atoms with Crippen LogP contribution in [0.3, 0.4) is 0 Å². The van der Waals surface area contributed by atoms with E-state index in [0.717, 1.165) is 22.4 Å². The van der Waals surface area contributed by atoms with Gasteiger partial charge in [0.25, 0.3) is 5.91 Å². The van der Waals surface area contributed by atoms with Gasteiger partial charge in [0, 0.05) is 12.7 Å². The van der Waals surface area contributed by atoms with Crippen molar-refractivity contribution in [2.75, 3.05) is 32.6 Å². The molecule has 6 nitrogen and oxygen atoms in total. The molecule has 29 heavy (non-hydrogen) atoms. The molecular formula is C23H28N2O4. The van der Waals surface area contributed by atoms with E-state index < -0.39 is 0 Å². The molecule has 0 aliphatic carbocycles. The number of carbonyl (C=O) groups excluding carboxylic acids is 2. The maximum Gasteiger partial charge on any atom is 0.260 e. The summed E-state index contributed by atoms with van der Waals surface area (Å²) in [6.45, 7) is 7.34. The molecule has 0 fully saturated rings. The molecule has 6 heteroatoms. The van der Waals surface area contributed by atoms with Gasteiger partial charge in [-0.15, -0.1) is 6.58 Å². The lowest BCUT2D eigenvalue weighted by Crippen LogP contribution is -2.37. The predicted molar refractivity (Wildman–Crippen MR) is 115 cm³/mol. The quantitative estimate of drug-likeness (QED) is 0.659. The zero-order valence-corrected chi connectivity index (χ0v) is 17.5. The number of hydrogen-bond acceptors (Lipinski definition) is 4. The van der Waals surface area contributed by atoms with Gasteiger partial charge in [-0.3, -0.25) is 9.59 Å². The minimum Gasteiger partial charge on any atom is -0.493 e. The fourth-order valence-electron chi connectivity index (χ4n) is 2.74. The van der Waals surface area contributed by atoms with Crippen molar-refractivity contribution >= 4 is 17.5 Å². The molecular weight excluding hydrogens is 368 g/mol. The van der Waals surface area contributed by atoms with Crippen LogP contribution in [0.25, 0.3) is 0 Å². The van der Waals surface area contributed by atoms with Gasteiger partial charge in [0.05, 0.1) is 13.7 Å². The molecule has 0 radical (unpaired) electrons. The van der Waals surface area contributed by atoms with Gasteiger partial charge in [-0.05, 0) is 55.2 Å². The molecule has 0 unspecified atom stereocenters. The summed E-state index contributed by atoms with van der Waals surface area (Å²) in [6.07, 6.45) is 2.52. The molecule has 0 saturated heterocycles. The third-order valence-electron chi connectivity index (χ3n) is 4.43. The third-order valence-corrected chi connectivity index (χ3v) is 4.43. The second-order valence-electron chi connectivity index (χ2n) is 6.88. The molecule has 2 rings (SSSR count). The van der Waals surface area contributed by atoms with Crippen molar-refractivity contribution in [3.05, 3.63) is 65.7 Å². The highest BCUT2D eigenvalue weighted by molar-refractivity contribution is 5.95. The molecule has 0 heterocycles. The van der Waals surface area contributed by atoms with Crippen molar-refractivity contribution < 1.29 is 19.1 Å². The largest absolute Gasteiger partial charge is 0.493 e. The van der Waals surface area contributed by atoms with Gasteiger partial charge in [-0.1, -0.05) is 24.3 Å². The average Bonchev–Trinajstić information content (AvgIpc) is 2.69. The number of benzene rings is 2. The number of aryl methyl sites for hydroxylation is 2. The topological polar surface area (TPSA) is 67.9 Å². The van der Waals surface area contributed by atoms with Crippen molar-refractivity contribution in [2.45, 2.75) is 20.3 Å². The first-order valence-electron chi connectivity index (χ1n) is 9.35. The van der Waals surface area contributed by atoms with Crippen LogP contribution in [0.1, 0.15) is 16.7 Å². The molecule has 0 aromatic heterocycles. The number of methoxy groups -OCH3 is 1. The minimum absolute atomic E-state index is 0.0645. The molecule has 0 aliphatic heterocycles. The van der Waals surface area contributed by atoms with Crippen molar-refractivity contribution in [1.29, 1.82) is 0 Å². The van der Waals surface area contributed by atoms with Crippen molar-refractivity contribution in [3.63, 3.8) is 0 Å². The second kappa shape index (κ2) is 10.3. The summed E-state index contributed by atoms with van der Waals surface area (Å²) in [7, 11) is 3.12. The lowest BCUT2D eigenvalue weighted by molar-refractivity contribution is -0.135. The SMILES string of the molecule is C=CCc1ccc(OCC(=O)N(C)CC(=O)Nc2cc(C)ccc2C)c(OC)c1. The third kappa shape index (κ3) is 6.38. The van der Waals surface area contributed by atoms with Crippen LogP contribution in [0, 0.1) is 13.8 Å². The number of allylic oxidation sites excluding steroid dienone is 1. The van der Waals surface area contributed by atoms with Crippen LogP contribution in [0.2, 0.25) is 0 Å². The summed E-state index contributed by atoms with van der Waals surface area (Å²) in [5.74, 6) is 0.452. The Bertz CT molecular complexity index is 892. The first-order valence-corrected chi connectivity index (χ1v) is 9.35. The molecule has 2 amide bonds. The maximum atomic E-state index is 12.4. The molecule has 0 aliphatic rings. The zero-order valence-electron chi connectivity index (χ0n) is 17.5. The highest BCUT2D eigenvalue weighted by Gasteiger charge is 2.15. The number of nitrogens with one attached hydrogen (secondary N) is 1. The van der Waals surface area contributed by atoms with Gasteiger partial charge in [-0.25, -0.2) is 0 Å². The predicted octanol–water partition coefficient (Wildman–Crippen LogP) is 3.52. The van der Waals surface area contributed by atoms with Gasteiger partial charge in [0.1, 0.15) is 0 Å².